The Balaban J connectivity index is 1.26. The molecule has 154 valence electrons. The molecule has 0 atom stereocenters. The molecule has 0 heterocycles. The van der Waals surface area contributed by atoms with E-state index in [1.165, 1.54) is 22.3 Å². The normalized spacial score (nSPS) is 10.5. The quantitative estimate of drug-likeness (QED) is 0.292. The van der Waals surface area contributed by atoms with Gasteiger partial charge in [-0.1, -0.05) is 84.9 Å². The largest absolute Gasteiger partial charge is 0.356 e. The lowest BCUT2D eigenvalue weighted by atomic mass is 10.00. The van der Waals surface area contributed by atoms with Crippen molar-refractivity contribution in [1.82, 2.24) is 0 Å². The molecule has 0 saturated heterocycles. The lowest BCUT2D eigenvalue weighted by molar-refractivity contribution is 1.53. The second-order valence-corrected chi connectivity index (χ2v) is 7.71. The molecule has 0 aliphatic heterocycles. The fraction of sp³-hybridized carbons (Fsp3) is 0. The number of hydrogen-bond donors (Lipinski definition) is 2. The zero-order valence-electron chi connectivity index (χ0n) is 17.7. The SMILES string of the molecule is c1ccc(Nc2ccc(-c3ccc(-c4ccc(Nc5ccccc5)cc4)cc3)cc2)cc1. The highest BCUT2D eigenvalue weighted by molar-refractivity contribution is 5.73. The standard InChI is InChI=1S/C30H24N2/c1-3-7-27(8-4-1)31-29-19-15-25(16-20-29)23-11-13-24(14-12-23)26-17-21-30(22-18-26)32-28-9-5-2-6-10-28/h1-22,31-32H. The van der Waals surface area contributed by atoms with Gasteiger partial charge in [-0.3, -0.25) is 0 Å². The molecule has 5 rings (SSSR count). The summed E-state index contributed by atoms with van der Waals surface area (Å²) in [7, 11) is 0. The molecule has 2 N–H and O–H groups in total. The summed E-state index contributed by atoms with van der Waals surface area (Å²) in [6, 6.07) is 46.3. The van der Waals surface area contributed by atoms with Crippen molar-refractivity contribution in [3.63, 3.8) is 0 Å². The van der Waals surface area contributed by atoms with Gasteiger partial charge < -0.3 is 10.6 Å². The van der Waals surface area contributed by atoms with Gasteiger partial charge in [-0.05, 0) is 70.8 Å². The van der Waals surface area contributed by atoms with Gasteiger partial charge in [-0.2, -0.15) is 0 Å². The highest BCUT2D eigenvalue weighted by atomic mass is 14.9. The molecule has 0 unspecified atom stereocenters. The smallest absolute Gasteiger partial charge is 0.0384 e. The molecular formula is C30H24N2. The topological polar surface area (TPSA) is 24.1 Å². The molecule has 0 aromatic heterocycles. The van der Waals surface area contributed by atoms with Crippen molar-refractivity contribution in [2.24, 2.45) is 0 Å². The van der Waals surface area contributed by atoms with Crippen LogP contribution in [0.4, 0.5) is 22.7 Å². The maximum atomic E-state index is 3.43. The maximum Gasteiger partial charge on any atom is 0.0384 e. The van der Waals surface area contributed by atoms with Crippen LogP contribution in [0.5, 0.6) is 0 Å². The Hall–Kier alpha value is -4.30. The third kappa shape index (κ3) is 4.71. The van der Waals surface area contributed by atoms with Crippen molar-refractivity contribution in [1.29, 1.82) is 0 Å². The first-order valence-corrected chi connectivity index (χ1v) is 10.8. The summed E-state index contributed by atoms with van der Waals surface area (Å²) >= 11 is 0. The summed E-state index contributed by atoms with van der Waals surface area (Å²) in [4.78, 5) is 0. The van der Waals surface area contributed by atoms with Crippen LogP contribution < -0.4 is 10.6 Å². The van der Waals surface area contributed by atoms with Crippen molar-refractivity contribution in [3.8, 4) is 22.3 Å². The molecule has 0 spiro atoms. The molecule has 0 bridgehead atoms. The average Bonchev–Trinajstić information content (AvgIpc) is 2.86. The molecule has 2 nitrogen and oxygen atoms in total. The third-order valence-corrected chi connectivity index (χ3v) is 5.45. The van der Waals surface area contributed by atoms with E-state index in [-0.39, 0.29) is 0 Å². The first-order valence-electron chi connectivity index (χ1n) is 10.8. The van der Waals surface area contributed by atoms with E-state index in [2.05, 4.69) is 108 Å². The first-order chi connectivity index (χ1) is 15.8. The summed E-state index contributed by atoms with van der Waals surface area (Å²) < 4.78 is 0. The van der Waals surface area contributed by atoms with Crippen LogP contribution in [0.15, 0.2) is 133 Å². The van der Waals surface area contributed by atoms with Gasteiger partial charge in [0.25, 0.3) is 0 Å². The van der Waals surface area contributed by atoms with Gasteiger partial charge in [0.2, 0.25) is 0 Å². The summed E-state index contributed by atoms with van der Waals surface area (Å²) in [6.07, 6.45) is 0. The van der Waals surface area contributed by atoms with Crippen molar-refractivity contribution in [3.05, 3.63) is 133 Å². The Kier molecular flexibility index (Phi) is 5.67. The summed E-state index contributed by atoms with van der Waals surface area (Å²) in [5, 5.41) is 6.86. The van der Waals surface area contributed by atoms with E-state index in [1.807, 2.05) is 36.4 Å². The van der Waals surface area contributed by atoms with Crippen molar-refractivity contribution >= 4 is 22.7 Å². The highest BCUT2D eigenvalue weighted by Gasteiger charge is 2.02. The zero-order chi connectivity index (χ0) is 21.6. The van der Waals surface area contributed by atoms with Gasteiger partial charge in [-0.15, -0.1) is 0 Å². The van der Waals surface area contributed by atoms with Crippen LogP contribution >= 0.6 is 0 Å². The molecule has 0 radical (unpaired) electrons. The number of hydrogen-bond acceptors (Lipinski definition) is 2. The Bertz CT molecular complexity index is 1160. The van der Waals surface area contributed by atoms with Gasteiger partial charge >= 0.3 is 0 Å². The van der Waals surface area contributed by atoms with Gasteiger partial charge in [0.15, 0.2) is 0 Å². The predicted octanol–water partition coefficient (Wildman–Crippen LogP) is 8.51. The number of para-hydroxylation sites is 2. The molecule has 2 heteroatoms. The monoisotopic (exact) mass is 412 g/mol. The predicted molar refractivity (Wildman–Crippen MR) is 137 cm³/mol. The van der Waals surface area contributed by atoms with E-state index < -0.39 is 0 Å². The number of benzene rings is 5. The van der Waals surface area contributed by atoms with Crippen LogP contribution in [0.3, 0.4) is 0 Å². The van der Waals surface area contributed by atoms with Gasteiger partial charge in [0, 0.05) is 22.7 Å². The zero-order valence-corrected chi connectivity index (χ0v) is 17.7. The Labute approximate surface area is 189 Å². The minimum atomic E-state index is 1.08. The Morgan fingerprint density at radius 2 is 0.500 bits per heavy atom. The van der Waals surface area contributed by atoms with E-state index in [0.717, 1.165) is 22.7 Å². The first kappa shape index (κ1) is 19.7. The fourth-order valence-electron chi connectivity index (χ4n) is 3.72. The molecule has 0 aliphatic rings. The molecule has 32 heavy (non-hydrogen) atoms. The van der Waals surface area contributed by atoms with Crippen LogP contribution in [-0.4, -0.2) is 0 Å². The van der Waals surface area contributed by atoms with Crippen molar-refractivity contribution < 1.29 is 0 Å². The van der Waals surface area contributed by atoms with Crippen LogP contribution in [0.1, 0.15) is 0 Å². The molecule has 0 amide bonds. The lowest BCUT2D eigenvalue weighted by Crippen LogP contribution is -1.90. The highest BCUT2D eigenvalue weighted by Crippen LogP contribution is 2.28. The van der Waals surface area contributed by atoms with Gasteiger partial charge in [0.1, 0.15) is 0 Å². The maximum absolute atomic E-state index is 3.43. The van der Waals surface area contributed by atoms with Crippen LogP contribution in [0, 0.1) is 0 Å². The lowest BCUT2D eigenvalue weighted by Gasteiger charge is -2.09. The van der Waals surface area contributed by atoms with Crippen LogP contribution in [-0.2, 0) is 0 Å². The molecule has 0 saturated carbocycles. The Morgan fingerprint density at radius 1 is 0.250 bits per heavy atom. The van der Waals surface area contributed by atoms with Gasteiger partial charge in [-0.25, -0.2) is 0 Å². The molecule has 5 aromatic rings. The molecule has 5 aromatic carbocycles. The summed E-state index contributed by atoms with van der Waals surface area (Å²) in [5.41, 5.74) is 9.19. The minimum absolute atomic E-state index is 1.08. The minimum Gasteiger partial charge on any atom is -0.356 e. The molecule has 0 aliphatic carbocycles. The van der Waals surface area contributed by atoms with Crippen LogP contribution in [0.2, 0.25) is 0 Å². The van der Waals surface area contributed by atoms with Crippen molar-refractivity contribution in [2.75, 3.05) is 10.6 Å². The molecular weight excluding hydrogens is 388 g/mol. The van der Waals surface area contributed by atoms with Crippen molar-refractivity contribution in [2.45, 2.75) is 0 Å². The third-order valence-electron chi connectivity index (χ3n) is 5.45. The van der Waals surface area contributed by atoms with E-state index >= 15 is 0 Å². The van der Waals surface area contributed by atoms with E-state index in [9.17, 15) is 0 Å². The summed E-state index contributed by atoms with van der Waals surface area (Å²) in [6.45, 7) is 0. The summed E-state index contributed by atoms with van der Waals surface area (Å²) in [5.74, 6) is 0. The second-order valence-electron chi connectivity index (χ2n) is 7.71. The van der Waals surface area contributed by atoms with E-state index in [0.29, 0.717) is 0 Å². The van der Waals surface area contributed by atoms with Gasteiger partial charge in [0.05, 0.1) is 0 Å². The fourth-order valence-corrected chi connectivity index (χ4v) is 3.72. The number of rotatable bonds is 6. The number of nitrogens with one attached hydrogen (secondary N) is 2. The van der Waals surface area contributed by atoms with Crippen LogP contribution in [0.25, 0.3) is 22.3 Å². The average molecular weight is 413 g/mol. The number of anilines is 4. The van der Waals surface area contributed by atoms with E-state index in [1.54, 1.807) is 0 Å². The second kappa shape index (κ2) is 9.23. The molecule has 0 fully saturated rings. The van der Waals surface area contributed by atoms with E-state index in [4.69, 9.17) is 0 Å². The Morgan fingerprint density at radius 3 is 0.812 bits per heavy atom.